The van der Waals surface area contributed by atoms with Crippen LogP contribution in [-0.2, 0) is 14.8 Å². The topological polar surface area (TPSA) is 122 Å². The summed E-state index contributed by atoms with van der Waals surface area (Å²) in [6.07, 6.45) is 0. The average Bonchev–Trinajstić information content (AvgIpc) is 2.51. The van der Waals surface area contributed by atoms with Crippen molar-refractivity contribution in [2.45, 2.75) is 44.7 Å². The summed E-state index contributed by atoms with van der Waals surface area (Å²) in [4.78, 5) is 23.1. The minimum absolute atomic E-state index is 0.0920. The molecule has 0 bridgehead atoms. The zero-order chi connectivity index (χ0) is 19.4. The number of aliphatic carboxylic acids is 1. The van der Waals surface area contributed by atoms with Gasteiger partial charge in [-0.05, 0) is 45.9 Å². The largest absolute Gasteiger partial charge is 0.495 e. The third-order valence-electron chi connectivity index (χ3n) is 3.60. The number of hydrogen-bond donors (Lipinski definition) is 3. The molecule has 140 valence electrons. The van der Waals surface area contributed by atoms with Crippen molar-refractivity contribution in [3.63, 3.8) is 0 Å². The Labute approximate surface area is 147 Å². The molecule has 1 aromatic carbocycles. The van der Waals surface area contributed by atoms with Crippen LogP contribution in [0.4, 0.5) is 0 Å². The summed E-state index contributed by atoms with van der Waals surface area (Å²) < 4.78 is 32.3. The summed E-state index contributed by atoms with van der Waals surface area (Å²) in [5.74, 6) is -2.28. The molecule has 9 heteroatoms. The molecule has 0 saturated carbocycles. The first-order chi connectivity index (χ1) is 11.5. The fourth-order valence-electron chi connectivity index (χ4n) is 2.03. The highest BCUT2D eigenvalue weighted by atomic mass is 32.2. The summed E-state index contributed by atoms with van der Waals surface area (Å²) in [6, 6.07) is 3.05. The number of carbonyl (C=O) groups is 2. The van der Waals surface area contributed by atoms with Gasteiger partial charge in [-0.2, -0.15) is 0 Å². The first kappa shape index (κ1) is 20.9. The van der Waals surface area contributed by atoms with E-state index in [1.165, 1.54) is 32.2 Å². The molecule has 1 amide bonds. The van der Waals surface area contributed by atoms with Gasteiger partial charge < -0.3 is 15.2 Å². The molecule has 0 aliphatic rings. The summed E-state index contributed by atoms with van der Waals surface area (Å²) in [6.45, 7) is 6.40. The van der Waals surface area contributed by atoms with E-state index in [4.69, 9.17) is 9.84 Å². The van der Waals surface area contributed by atoms with E-state index in [-0.39, 0.29) is 22.3 Å². The maximum Gasteiger partial charge on any atom is 0.308 e. The lowest BCUT2D eigenvalue weighted by Gasteiger charge is -2.18. The van der Waals surface area contributed by atoms with E-state index in [2.05, 4.69) is 10.0 Å². The first-order valence-corrected chi connectivity index (χ1v) is 9.22. The molecule has 1 rings (SSSR count). The Morgan fingerprint density at radius 2 is 1.76 bits per heavy atom. The Kier molecular flexibility index (Phi) is 6.95. The molecule has 3 N–H and O–H groups in total. The lowest BCUT2D eigenvalue weighted by Crippen LogP contribution is -2.40. The van der Waals surface area contributed by atoms with Crippen LogP contribution >= 0.6 is 0 Å². The Morgan fingerprint density at radius 1 is 1.16 bits per heavy atom. The summed E-state index contributed by atoms with van der Waals surface area (Å²) in [5.41, 5.74) is 0.0920. The van der Waals surface area contributed by atoms with Crippen LogP contribution in [0.2, 0.25) is 0 Å². The molecular weight excluding hydrogens is 348 g/mol. The number of sulfonamides is 1. The van der Waals surface area contributed by atoms with Crippen LogP contribution < -0.4 is 14.8 Å². The number of ether oxygens (including phenoxy) is 1. The molecule has 25 heavy (non-hydrogen) atoms. The van der Waals surface area contributed by atoms with E-state index in [9.17, 15) is 18.0 Å². The SMILES string of the molecule is COc1ccc(C(=O)NC(C)C(C)C(=O)O)cc1S(=O)(=O)NC(C)C. The van der Waals surface area contributed by atoms with E-state index in [1.54, 1.807) is 20.8 Å². The lowest BCUT2D eigenvalue weighted by atomic mass is 10.0. The van der Waals surface area contributed by atoms with Gasteiger partial charge in [-0.1, -0.05) is 0 Å². The van der Waals surface area contributed by atoms with Crippen molar-refractivity contribution in [2.24, 2.45) is 5.92 Å². The summed E-state index contributed by atoms with van der Waals surface area (Å²) >= 11 is 0. The molecule has 0 spiro atoms. The van der Waals surface area contributed by atoms with Gasteiger partial charge in [0, 0.05) is 17.6 Å². The molecule has 0 heterocycles. The van der Waals surface area contributed by atoms with Gasteiger partial charge in [-0.3, -0.25) is 9.59 Å². The highest BCUT2D eigenvalue weighted by Crippen LogP contribution is 2.25. The number of carboxylic acid groups (broad SMARTS) is 1. The van der Waals surface area contributed by atoms with Crippen LogP contribution in [0, 0.1) is 5.92 Å². The number of amides is 1. The number of carbonyl (C=O) groups excluding carboxylic acids is 1. The van der Waals surface area contributed by atoms with Gasteiger partial charge in [-0.25, -0.2) is 13.1 Å². The van der Waals surface area contributed by atoms with Crippen molar-refractivity contribution in [2.75, 3.05) is 7.11 Å². The monoisotopic (exact) mass is 372 g/mol. The third kappa shape index (κ3) is 5.43. The van der Waals surface area contributed by atoms with E-state index >= 15 is 0 Å². The molecule has 0 radical (unpaired) electrons. The second-order valence-corrected chi connectivity index (χ2v) is 7.71. The fourth-order valence-corrected chi connectivity index (χ4v) is 3.48. The van der Waals surface area contributed by atoms with Crippen LogP contribution in [0.1, 0.15) is 38.1 Å². The van der Waals surface area contributed by atoms with Gasteiger partial charge in [0.25, 0.3) is 5.91 Å². The number of methoxy groups -OCH3 is 1. The maximum absolute atomic E-state index is 12.4. The predicted molar refractivity (Wildman–Crippen MR) is 92.2 cm³/mol. The molecular formula is C16H24N2O6S. The Morgan fingerprint density at radius 3 is 2.24 bits per heavy atom. The van der Waals surface area contributed by atoms with Crippen molar-refractivity contribution in [3.8, 4) is 5.75 Å². The Hall–Kier alpha value is -2.13. The Bertz CT molecular complexity index is 745. The molecule has 2 atom stereocenters. The first-order valence-electron chi connectivity index (χ1n) is 7.73. The molecule has 0 fully saturated rings. The summed E-state index contributed by atoms with van der Waals surface area (Å²) in [5, 5.41) is 11.5. The van der Waals surface area contributed by atoms with E-state index in [0.717, 1.165) is 0 Å². The van der Waals surface area contributed by atoms with Crippen LogP contribution in [-0.4, -0.2) is 44.6 Å². The quantitative estimate of drug-likeness (QED) is 0.631. The van der Waals surface area contributed by atoms with Crippen molar-refractivity contribution in [1.29, 1.82) is 0 Å². The van der Waals surface area contributed by atoms with Crippen LogP contribution in [0.25, 0.3) is 0 Å². The number of rotatable bonds is 8. The number of hydrogen-bond acceptors (Lipinski definition) is 5. The van der Waals surface area contributed by atoms with Crippen LogP contribution in [0.3, 0.4) is 0 Å². The van der Waals surface area contributed by atoms with Gasteiger partial charge >= 0.3 is 5.97 Å². The Balaban J connectivity index is 3.17. The average molecular weight is 372 g/mol. The van der Waals surface area contributed by atoms with E-state index < -0.39 is 33.9 Å². The number of nitrogens with one attached hydrogen (secondary N) is 2. The smallest absolute Gasteiger partial charge is 0.308 e. The van der Waals surface area contributed by atoms with Crippen LogP contribution in [0.5, 0.6) is 5.75 Å². The predicted octanol–water partition coefficient (Wildman–Crippen LogP) is 1.22. The molecule has 2 unspecified atom stereocenters. The zero-order valence-corrected chi connectivity index (χ0v) is 15.7. The molecule has 0 saturated heterocycles. The van der Waals surface area contributed by atoms with E-state index in [1.807, 2.05) is 0 Å². The highest BCUT2D eigenvalue weighted by molar-refractivity contribution is 7.89. The van der Waals surface area contributed by atoms with Crippen molar-refractivity contribution in [1.82, 2.24) is 10.0 Å². The van der Waals surface area contributed by atoms with Gasteiger partial charge in [-0.15, -0.1) is 0 Å². The number of carboxylic acids is 1. The minimum Gasteiger partial charge on any atom is -0.495 e. The number of benzene rings is 1. The highest BCUT2D eigenvalue weighted by Gasteiger charge is 2.25. The summed E-state index contributed by atoms with van der Waals surface area (Å²) in [7, 11) is -2.53. The van der Waals surface area contributed by atoms with Gasteiger partial charge in [0.2, 0.25) is 10.0 Å². The second kappa shape index (κ2) is 8.30. The fraction of sp³-hybridized carbons (Fsp3) is 0.500. The van der Waals surface area contributed by atoms with Gasteiger partial charge in [0.05, 0.1) is 13.0 Å². The molecule has 1 aromatic rings. The van der Waals surface area contributed by atoms with Gasteiger partial charge in [0.15, 0.2) is 0 Å². The maximum atomic E-state index is 12.4. The van der Waals surface area contributed by atoms with Crippen LogP contribution in [0.15, 0.2) is 23.1 Å². The standard InChI is InChI=1S/C16H24N2O6S/c1-9(2)18-25(22,23)14-8-12(6-7-13(14)24-5)15(19)17-11(4)10(3)16(20)21/h6-11,18H,1-5H3,(H,17,19)(H,20,21). The molecule has 0 aliphatic heterocycles. The van der Waals surface area contributed by atoms with Gasteiger partial charge in [0.1, 0.15) is 10.6 Å². The zero-order valence-electron chi connectivity index (χ0n) is 14.9. The van der Waals surface area contributed by atoms with Crippen molar-refractivity contribution < 1.29 is 27.9 Å². The molecule has 8 nitrogen and oxygen atoms in total. The normalized spacial score (nSPS) is 14.0. The minimum atomic E-state index is -3.87. The molecule has 0 aliphatic carbocycles. The molecule has 0 aromatic heterocycles. The lowest BCUT2D eigenvalue weighted by molar-refractivity contribution is -0.141. The second-order valence-electron chi connectivity index (χ2n) is 6.03. The third-order valence-corrected chi connectivity index (χ3v) is 5.28. The van der Waals surface area contributed by atoms with Crippen molar-refractivity contribution >= 4 is 21.9 Å². The van der Waals surface area contributed by atoms with E-state index in [0.29, 0.717) is 0 Å². The van der Waals surface area contributed by atoms with Crippen molar-refractivity contribution in [3.05, 3.63) is 23.8 Å².